The first-order chi connectivity index (χ1) is 17.1. The molecule has 0 aliphatic heterocycles. The highest BCUT2D eigenvalue weighted by atomic mass is 35.5. The molecule has 0 spiro atoms. The quantitative estimate of drug-likeness (QED) is 0.179. The normalized spacial score (nSPS) is 11.2. The van der Waals surface area contributed by atoms with Gasteiger partial charge in [-0.1, -0.05) is 11.6 Å². The standard InChI is InChI=1S/C24H20ClFN6OS2/c1-33-20-14-15(2-7-18(20)26)21-22(32-12-13-34-24(32)31-21)19-8-9-27-23(30-19)28-10-11-29-35-17-5-3-16(25)4-6-17/h2-9,12-14,29H,10-11H2,1H3,(H,27,28,30). The maximum absolute atomic E-state index is 14.0. The molecule has 11 heteroatoms. The van der Waals surface area contributed by atoms with Crippen LogP contribution in [0, 0.1) is 5.82 Å². The average molecular weight is 527 g/mol. The summed E-state index contributed by atoms with van der Waals surface area (Å²) in [5.41, 5.74) is 2.94. The second-order valence-corrected chi connectivity index (χ2v) is 9.63. The van der Waals surface area contributed by atoms with E-state index in [-0.39, 0.29) is 5.75 Å². The van der Waals surface area contributed by atoms with Crippen LogP contribution < -0.4 is 14.8 Å². The van der Waals surface area contributed by atoms with Crippen molar-refractivity contribution >= 4 is 45.8 Å². The summed E-state index contributed by atoms with van der Waals surface area (Å²) in [4.78, 5) is 15.8. The molecule has 35 heavy (non-hydrogen) atoms. The second kappa shape index (κ2) is 10.6. The van der Waals surface area contributed by atoms with Gasteiger partial charge in [0, 0.05) is 46.3 Å². The topological polar surface area (TPSA) is 76.4 Å². The van der Waals surface area contributed by atoms with Crippen LogP contribution in [-0.4, -0.2) is 39.6 Å². The van der Waals surface area contributed by atoms with Gasteiger partial charge in [0.2, 0.25) is 5.95 Å². The Hall–Kier alpha value is -3.18. The summed E-state index contributed by atoms with van der Waals surface area (Å²) in [5, 5.41) is 5.93. The lowest BCUT2D eigenvalue weighted by Crippen LogP contribution is -2.17. The number of hydrogen-bond donors (Lipinski definition) is 2. The molecular weight excluding hydrogens is 507 g/mol. The van der Waals surface area contributed by atoms with Gasteiger partial charge in [-0.3, -0.25) is 9.12 Å². The zero-order valence-corrected chi connectivity index (χ0v) is 20.9. The number of rotatable bonds is 9. The van der Waals surface area contributed by atoms with Gasteiger partial charge >= 0.3 is 0 Å². The number of fused-ring (bicyclic) bond motifs is 1. The molecule has 0 aliphatic carbocycles. The Morgan fingerprint density at radius 3 is 2.80 bits per heavy atom. The number of hydrogen-bond acceptors (Lipinski definition) is 8. The molecule has 5 rings (SSSR count). The predicted molar refractivity (Wildman–Crippen MR) is 140 cm³/mol. The highest BCUT2D eigenvalue weighted by Crippen LogP contribution is 2.35. The Balaban J connectivity index is 1.34. The van der Waals surface area contributed by atoms with E-state index in [9.17, 15) is 4.39 Å². The number of nitrogens with zero attached hydrogens (tertiary/aromatic N) is 4. The fraction of sp³-hybridized carbons (Fsp3) is 0.125. The maximum atomic E-state index is 14.0. The van der Waals surface area contributed by atoms with E-state index < -0.39 is 5.82 Å². The molecule has 5 aromatic rings. The van der Waals surface area contributed by atoms with Crippen LogP contribution >= 0.6 is 34.9 Å². The molecular formula is C24H20ClFN6OS2. The molecule has 0 amide bonds. The maximum Gasteiger partial charge on any atom is 0.223 e. The van der Waals surface area contributed by atoms with E-state index in [1.165, 1.54) is 36.5 Å². The van der Waals surface area contributed by atoms with E-state index in [0.29, 0.717) is 35.4 Å². The van der Waals surface area contributed by atoms with Crippen molar-refractivity contribution in [1.82, 2.24) is 24.1 Å². The second-order valence-electron chi connectivity index (χ2n) is 7.36. The Morgan fingerprint density at radius 2 is 1.97 bits per heavy atom. The molecule has 178 valence electrons. The van der Waals surface area contributed by atoms with Crippen molar-refractivity contribution in [3.05, 3.63) is 77.1 Å². The van der Waals surface area contributed by atoms with Crippen molar-refractivity contribution in [3.8, 4) is 28.4 Å². The molecule has 3 heterocycles. The number of nitrogens with one attached hydrogen (secondary N) is 2. The van der Waals surface area contributed by atoms with E-state index in [1.54, 1.807) is 18.3 Å². The van der Waals surface area contributed by atoms with Crippen LogP contribution in [0.2, 0.25) is 5.02 Å². The van der Waals surface area contributed by atoms with Crippen molar-refractivity contribution in [3.63, 3.8) is 0 Å². The van der Waals surface area contributed by atoms with Crippen molar-refractivity contribution in [2.75, 3.05) is 25.5 Å². The summed E-state index contributed by atoms with van der Waals surface area (Å²) < 4.78 is 24.5. The summed E-state index contributed by atoms with van der Waals surface area (Å²) in [7, 11) is 1.44. The number of aromatic nitrogens is 4. The third-order valence-electron chi connectivity index (χ3n) is 5.10. The molecule has 0 saturated heterocycles. The molecule has 0 bridgehead atoms. The van der Waals surface area contributed by atoms with Gasteiger partial charge in [0.25, 0.3) is 0 Å². The van der Waals surface area contributed by atoms with Crippen molar-refractivity contribution in [2.24, 2.45) is 0 Å². The van der Waals surface area contributed by atoms with Gasteiger partial charge in [-0.15, -0.1) is 11.3 Å². The minimum atomic E-state index is -0.421. The molecule has 0 unspecified atom stereocenters. The van der Waals surface area contributed by atoms with Gasteiger partial charge < -0.3 is 10.1 Å². The fourth-order valence-electron chi connectivity index (χ4n) is 3.48. The van der Waals surface area contributed by atoms with Crippen LogP contribution in [0.15, 0.2) is 71.2 Å². The molecule has 3 aromatic heterocycles. The number of methoxy groups -OCH3 is 1. The number of thiazole rings is 1. The lowest BCUT2D eigenvalue weighted by molar-refractivity contribution is 0.387. The molecule has 7 nitrogen and oxygen atoms in total. The van der Waals surface area contributed by atoms with Crippen molar-refractivity contribution in [1.29, 1.82) is 0 Å². The van der Waals surface area contributed by atoms with Crippen LogP contribution in [-0.2, 0) is 0 Å². The third kappa shape index (κ3) is 5.25. The summed E-state index contributed by atoms with van der Waals surface area (Å²) in [6.07, 6.45) is 3.65. The molecule has 2 aromatic carbocycles. The third-order valence-corrected chi connectivity index (χ3v) is 6.96. The first kappa shape index (κ1) is 23.6. The Labute approximate surface area is 214 Å². The highest BCUT2D eigenvalue weighted by Gasteiger charge is 2.19. The van der Waals surface area contributed by atoms with Gasteiger partial charge in [-0.05, 0) is 60.5 Å². The number of benzene rings is 2. The highest BCUT2D eigenvalue weighted by molar-refractivity contribution is 7.97. The lowest BCUT2D eigenvalue weighted by atomic mass is 10.1. The van der Waals surface area contributed by atoms with E-state index in [2.05, 4.69) is 15.0 Å². The van der Waals surface area contributed by atoms with E-state index in [1.807, 2.05) is 46.3 Å². The number of halogens is 2. The first-order valence-corrected chi connectivity index (χ1v) is 12.7. The summed E-state index contributed by atoms with van der Waals surface area (Å²) in [5.74, 6) is 0.252. The van der Waals surface area contributed by atoms with Gasteiger partial charge in [0.1, 0.15) is 5.69 Å². The van der Waals surface area contributed by atoms with Crippen LogP contribution in [0.1, 0.15) is 0 Å². The zero-order valence-electron chi connectivity index (χ0n) is 18.5. The van der Waals surface area contributed by atoms with Crippen LogP contribution in [0.5, 0.6) is 5.75 Å². The Bertz CT molecular complexity index is 1460. The number of anilines is 1. The number of imidazole rings is 1. The summed E-state index contributed by atoms with van der Waals surface area (Å²) in [6, 6.07) is 14.2. The molecule has 0 aliphatic rings. The zero-order chi connectivity index (χ0) is 24.2. The Kier molecular flexibility index (Phi) is 7.14. The SMILES string of the molecule is COc1cc(-c2nc3sccn3c2-c2ccnc(NCCNSc3ccc(Cl)cc3)n2)ccc1F. The van der Waals surface area contributed by atoms with E-state index in [4.69, 9.17) is 26.3 Å². The van der Waals surface area contributed by atoms with Gasteiger partial charge in [0.15, 0.2) is 16.5 Å². The largest absolute Gasteiger partial charge is 0.494 e. The molecule has 2 N–H and O–H groups in total. The molecule has 0 saturated carbocycles. The van der Waals surface area contributed by atoms with Crippen molar-refractivity contribution < 1.29 is 9.13 Å². The van der Waals surface area contributed by atoms with E-state index in [0.717, 1.165) is 21.1 Å². The summed E-state index contributed by atoms with van der Waals surface area (Å²) >= 11 is 8.98. The smallest absolute Gasteiger partial charge is 0.223 e. The van der Waals surface area contributed by atoms with Crippen molar-refractivity contribution in [2.45, 2.75) is 4.90 Å². The minimum Gasteiger partial charge on any atom is -0.494 e. The summed E-state index contributed by atoms with van der Waals surface area (Å²) in [6.45, 7) is 1.33. The number of ether oxygens (including phenoxy) is 1. The predicted octanol–water partition coefficient (Wildman–Crippen LogP) is 6.03. The Morgan fingerprint density at radius 1 is 1.11 bits per heavy atom. The molecule has 0 radical (unpaired) electrons. The van der Waals surface area contributed by atoms with Crippen LogP contribution in [0.3, 0.4) is 0 Å². The van der Waals surface area contributed by atoms with Gasteiger partial charge in [-0.2, -0.15) is 0 Å². The average Bonchev–Trinajstić information content (AvgIpc) is 3.47. The molecule has 0 fully saturated rings. The van der Waals surface area contributed by atoms with E-state index >= 15 is 0 Å². The lowest BCUT2D eigenvalue weighted by Gasteiger charge is -2.09. The first-order valence-electron chi connectivity index (χ1n) is 10.6. The van der Waals surface area contributed by atoms with Crippen LogP contribution in [0.25, 0.3) is 27.6 Å². The minimum absolute atomic E-state index is 0.166. The van der Waals surface area contributed by atoms with Gasteiger partial charge in [0.05, 0.1) is 18.5 Å². The van der Waals surface area contributed by atoms with Crippen LogP contribution in [0.4, 0.5) is 10.3 Å². The fourth-order valence-corrected chi connectivity index (χ4v) is 4.96. The monoisotopic (exact) mass is 526 g/mol. The molecule has 0 atom stereocenters. The van der Waals surface area contributed by atoms with Gasteiger partial charge in [-0.25, -0.2) is 19.3 Å².